The second-order valence-corrected chi connectivity index (χ2v) is 7.84. The van der Waals surface area contributed by atoms with Gasteiger partial charge in [-0.2, -0.15) is 0 Å². The first-order valence-corrected chi connectivity index (χ1v) is 9.32. The predicted octanol–water partition coefficient (Wildman–Crippen LogP) is 3.58. The van der Waals surface area contributed by atoms with Gasteiger partial charge >= 0.3 is 0 Å². The summed E-state index contributed by atoms with van der Waals surface area (Å²) >= 11 is 5.84. The van der Waals surface area contributed by atoms with Gasteiger partial charge in [0.15, 0.2) is 9.84 Å². The van der Waals surface area contributed by atoms with E-state index in [1.54, 1.807) is 0 Å². The van der Waals surface area contributed by atoms with Crippen molar-refractivity contribution in [1.29, 1.82) is 0 Å². The van der Waals surface area contributed by atoms with Crippen molar-refractivity contribution in [3.8, 4) is 0 Å². The summed E-state index contributed by atoms with van der Waals surface area (Å²) in [5.41, 5.74) is -0.459. The average Bonchev–Trinajstić information content (AvgIpc) is 2.89. The molecule has 0 N–H and O–H groups in total. The van der Waals surface area contributed by atoms with Crippen LogP contribution in [0.4, 0.5) is 14.5 Å². The lowest BCUT2D eigenvalue weighted by Gasteiger charge is -2.28. The fraction of sp³-hybridized carbons (Fsp3) is 0.118. The maximum atomic E-state index is 14.0. The molecule has 4 nitrogen and oxygen atoms in total. The molecule has 0 aliphatic carbocycles. The first kappa shape index (κ1) is 17.6. The van der Waals surface area contributed by atoms with E-state index in [4.69, 9.17) is 11.6 Å². The minimum Gasteiger partial charge on any atom is -0.300 e. The van der Waals surface area contributed by atoms with Crippen molar-refractivity contribution >= 4 is 33.0 Å². The van der Waals surface area contributed by atoms with Crippen LogP contribution < -0.4 is 4.90 Å². The molecule has 2 aromatic carbocycles. The molecule has 25 heavy (non-hydrogen) atoms. The number of anilines is 1. The molecule has 0 radical (unpaired) electrons. The molecule has 0 bridgehead atoms. The highest BCUT2D eigenvalue weighted by molar-refractivity contribution is 7.94. The number of nitrogens with zero attached hydrogens (tertiary/aromatic N) is 1. The summed E-state index contributed by atoms with van der Waals surface area (Å²) in [4.78, 5) is 13.9. The summed E-state index contributed by atoms with van der Waals surface area (Å²) in [5.74, 6) is -3.37. The number of amides is 1. The fourth-order valence-corrected chi connectivity index (χ4v) is 4.00. The zero-order valence-electron chi connectivity index (χ0n) is 12.7. The van der Waals surface area contributed by atoms with Crippen LogP contribution in [0.5, 0.6) is 0 Å². The second kappa shape index (κ2) is 6.57. The molecule has 0 fully saturated rings. The molecule has 130 valence electrons. The lowest BCUT2D eigenvalue weighted by molar-refractivity contribution is 0.0975. The molecule has 1 amide bonds. The topological polar surface area (TPSA) is 54.5 Å². The predicted molar refractivity (Wildman–Crippen MR) is 91.3 cm³/mol. The molecule has 0 saturated heterocycles. The summed E-state index contributed by atoms with van der Waals surface area (Å²) < 4.78 is 51.5. The minimum absolute atomic E-state index is 0.281. The molecular weight excluding hydrogens is 372 g/mol. The van der Waals surface area contributed by atoms with Crippen molar-refractivity contribution in [2.45, 2.75) is 6.04 Å². The van der Waals surface area contributed by atoms with Gasteiger partial charge in [-0.3, -0.25) is 4.79 Å². The highest BCUT2D eigenvalue weighted by Gasteiger charge is 2.34. The first-order valence-electron chi connectivity index (χ1n) is 7.22. The maximum Gasteiger partial charge on any atom is 0.264 e. The van der Waals surface area contributed by atoms with Crippen LogP contribution in [-0.2, 0) is 9.84 Å². The van der Waals surface area contributed by atoms with Crippen LogP contribution in [0, 0.1) is 11.6 Å². The summed E-state index contributed by atoms with van der Waals surface area (Å²) in [6.45, 7) is 0. The Kier molecular flexibility index (Phi) is 4.62. The Bertz CT molecular complexity index is 938. The Morgan fingerprint density at radius 3 is 2.20 bits per heavy atom. The molecule has 8 heteroatoms. The fourth-order valence-electron chi connectivity index (χ4n) is 2.60. The molecule has 1 unspecified atom stereocenters. The van der Waals surface area contributed by atoms with E-state index in [0.29, 0.717) is 5.02 Å². The van der Waals surface area contributed by atoms with E-state index in [1.807, 2.05) is 0 Å². The third kappa shape index (κ3) is 3.57. The van der Waals surface area contributed by atoms with E-state index < -0.39 is 39.0 Å². The van der Waals surface area contributed by atoms with E-state index in [0.717, 1.165) is 28.5 Å². The van der Waals surface area contributed by atoms with Crippen molar-refractivity contribution in [2.75, 3.05) is 10.7 Å². The minimum atomic E-state index is -3.48. The van der Waals surface area contributed by atoms with Gasteiger partial charge in [0.05, 0.1) is 11.8 Å². The number of sulfone groups is 1. The van der Waals surface area contributed by atoms with Gasteiger partial charge in [-0.15, -0.1) is 0 Å². The van der Waals surface area contributed by atoms with E-state index in [-0.39, 0.29) is 11.4 Å². The lowest BCUT2D eigenvalue weighted by Crippen LogP contribution is -2.42. The number of halogens is 3. The summed E-state index contributed by atoms with van der Waals surface area (Å²) in [6.07, 6.45) is 1.32. The summed E-state index contributed by atoms with van der Waals surface area (Å²) in [7, 11) is -3.48. The van der Waals surface area contributed by atoms with Crippen LogP contribution >= 0.6 is 11.6 Å². The number of hydrogen-bond donors (Lipinski definition) is 0. The number of benzene rings is 2. The number of carbonyl (C=O) groups is 1. The van der Waals surface area contributed by atoms with Gasteiger partial charge in [0.25, 0.3) is 5.91 Å². The van der Waals surface area contributed by atoms with Gasteiger partial charge in [-0.05, 0) is 42.5 Å². The largest absolute Gasteiger partial charge is 0.300 e. The van der Waals surface area contributed by atoms with Gasteiger partial charge in [0, 0.05) is 16.1 Å². The Morgan fingerprint density at radius 2 is 1.68 bits per heavy atom. The molecule has 2 aromatic rings. The number of rotatable bonds is 3. The normalized spacial score (nSPS) is 18.3. The molecule has 1 aliphatic rings. The standard InChI is InChI=1S/C17H12ClF2NO3S/c18-11-4-6-12(7-5-11)21(13-8-9-25(23,24)10-13)17(22)16-14(19)2-1-3-15(16)20/h1-9,13H,10H2. The number of carbonyl (C=O) groups excluding carboxylic acids is 1. The van der Waals surface area contributed by atoms with Gasteiger partial charge < -0.3 is 4.90 Å². The van der Waals surface area contributed by atoms with Crippen LogP contribution in [-0.4, -0.2) is 26.1 Å². The Hall–Kier alpha value is -2.25. The Balaban J connectivity index is 2.10. The molecule has 1 aliphatic heterocycles. The van der Waals surface area contributed by atoms with E-state index >= 15 is 0 Å². The van der Waals surface area contributed by atoms with Crippen molar-refractivity contribution in [3.05, 3.63) is 76.2 Å². The van der Waals surface area contributed by atoms with E-state index in [9.17, 15) is 22.0 Å². The van der Waals surface area contributed by atoms with Crippen LogP contribution in [0.3, 0.4) is 0 Å². The third-order valence-corrected chi connectivity index (χ3v) is 5.37. The van der Waals surface area contributed by atoms with E-state index in [2.05, 4.69) is 0 Å². The SMILES string of the molecule is O=C(c1c(F)cccc1F)N(c1ccc(Cl)cc1)C1C=CS(=O)(=O)C1. The monoisotopic (exact) mass is 383 g/mol. The zero-order chi connectivity index (χ0) is 18.2. The van der Waals surface area contributed by atoms with Gasteiger partial charge in [-0.25, -0.2) is 17.2 Å². The highest BCUT2D eigenvalue weighted by atomic mass is 35.5. The average molecular weight is 384 g/mol. The van der Waals surface area contributed by atoms with Crippen LogP contribution in [0.25, 0.3) is 0 Å². The quantitative estimate of drug-likeness (QED) is 0.814. The molecule has 1 atom stereocenters. The van der Waals surface area contributed by atoms with Crippen molar-refractivity contribution < 1.29 is 22.0 Å². The zero-order valence-corrected chi connectivity index (χ0v) is 14.3. The summed E-state index contributed by atoms with van der Waals surface area (Å²) in [5, 5.41) is 1.40. The van der Waals surface area contributed by atoms with Gasteiger partial charge in [-0.1, -0.05) is 17.7 Å². The Labute approximate surface area is 148 Å². The van der Waals surface area contributed by atoms with Crippen LogP contribution in [0.1, 0.15) is 10.4 Å². The molecular formula is C17H12ClF2NO3S. The molecule has 3 rings (SSSR count). The highest BCUT2D eigenvalue weighted by Crippen LogP contribution is 2.27. The third-order valence-electron chi connectivity index (χ3n) is 3.74. The smallest absolute Gasteiger partial charge is 0.264 e. The van der Waals surface area contributed by atoms with Crippen molar-refractivity contribution in [2.24, 2.45) is 0 Å². The maximum absolute atomic E-state index is 14.0. The lowest BCUT2D eigenvalue weighted by atomic mass is 10.1. The van der Waals surface area contributed by atoms with Crippen LogP contribution in [0.15, 0.2) is 53.9 Å². The van der Waals surface area contributed by atoms with E-state index in [1.165, 1.54) is 30.3 Å². The first-order chi connectivity index (χ1) is 11.8. The van der Waals surface area contributed by atoms with Gasteiger partial charge in [0.1, 0.15) is 17.2 Å². The molecule has 0 saturated carbocycles. The molecule has 1 heterocycles. The molecule has 0 spiro atoms. The van der Waals surface area contributed by atoms with Crippen molar-refractivity contribution in [3.63, 3.8) is 0 Å². The van der Waals surface area contributed by atoms with Crippen LogP contribution in [0.2, 0.25) is 5.02 Å². The second-order valence-electron chi connectivity index (χ2n) is 5.47. The van der Waals surface area contributed by atoms with Crippen molar-refractivity contribution in [1.82, 2.24) is 0 Å². The van der Waals surface area contributed by atoms with Gasteiger partial charge in [0.2, 0.25) is 0 Å². The Morgan fingerprint density at radius 1 is 1.08 bits per heavy atom. The number of hydrogen-bond acceptors (Lipinski definition) is 3. The molecule has 0 aromatic heterocycles. The summed E-state index contributed by atoms with van der Waals surface area (Å²) in [6, 6.07) is 8.18.